The highest BCUT2D eigenvalue weighted by molar-refractivity contribution is 5.85. The zero-order chi connectivity index (χ0) is 17.1. The van der Waals surface area contributed by atoms with E-state index in [9.17, 15) is 26.3 Å². The van der Waals surface area contributed by atoms with Crippen LogP contribution in [0, 0.1) is 0 Å². The zero-order valence-electron chi connectivity index (χ0n) is 12.5. The van der Waals surface area contributed by atoms with Crippen LogP contribution < -0.4 is 10.1 Å². The summed E-state index contributed by atoms with van der Waals surface area (Å²) in [6, 6.07) is 3.78. The Labute approximate surface area is 141 Å². The Bertz CT molecular complexity index is 517. The maximum Gasteiger partial charge on any atom is 0.573 e. The number of halogens is 7. The molecule has 1 aliphatic rings. The van der Waals surface area contributed by atoms with Crippen molar-refractivity contribution in [3.8, 4) is 5.75 Å². The predicted molar refractivity (Wildman–Crippen MR) is 78.2 cm³/mol. The molecule has 0 bridgehead atoms. The Morgan fingerprint density at radius 1 is 1.04 bits per heavy atom. The summed E-state index contributed by atoms with van der Waals surface area (Å²) in [4.78, 5) is 1.53. The molecule has 1 fully saturated rings. The first-order chi connectivity index (χ1) is 10.7. The summed E-state index contributed by atoms with van der Waals surface area (Å²) >= 11 is 0. The number of para-hydroxylation sites is 1. The van der Waals surface area contributed by atoms with E-state index in [-0.39, 0.29) is 18.0 Å². The minimum Gasteiger partial charge on any atom is -0.405 e. The largest absolute Gasteiger partial charge is 0.573 e. The first-order valence-corrected chi connectivity index (χ1v) is 7.02. The van der Waals surface area contributed by atoms with E-state index in [1.807, 2.05) is 0 Å². The van der Waals surface area contributed by atoms with Crippen molar-refractivity contribution in [1.82, 2.24) is 10.2 Å². The highest BCUT2D eigenvalue weighted by Gasteiger charge is 2.39. The van der Waals surface area contributed by atoms with E-state index in [1.165, 1.54) is 23.1 Å². The molecule has 0 unspecified atom stereocenters. The van der Waals surface area contributed by atoms with Crippen LogP contribution in [-0.4, -0.2) is 43.6 Å². The van der Waals surface area contributed by atoms with Crippen LogP contribution in [0.15, 0.2) is 24.3 Å². The van der Waals surface area contributed by atoms with Crippen molar-refractivity contribution in [2.75, 3.05) is 26.2 Å². The molecule has 1 N–H and O–H groups in total. The second kappa shape index (κ2) is 8.26. The molecule has 1 saturated heterocycles. The topological polar surface area (TPSA) is 24.5 Å². The van der Waals surface area contributed by atoms with E-state index in [0.717, 1.165) is 6.07 Å². The third-order valence-electron chi connectivity index (χ3n) is 3.52. The Morgan fingerprint density at radius 2 is 1.62 bits per heavy atom. The third kappa shape index (κ3) is 6.37. The molecule has 1 heterocycles. The number of piperazine rings is 1. The van der Waals surface area contributed by atoms with Crippen LogP contribution in [0.5, 0.6) is 5.75 Å². The van der Waals surface area contributed by atoms with Crippen molar-refractivity contribution in [2.24, 2.45) is 0 Å². The molecule has 10 heteroatoms. The molecule has 0 aliphatic carbocycles. The summed E-state index contributed by atoms with van der Waals surface area (Å²) in [6.45, 7) is 1.61. The van der Waals surface area contributed by atoms with Gasteiger partial charge in [0.25, 0.3) is 0 Å². The molecule has 1 aliphatic heterocycles. The maximum absolute atomic E-state index is 12.9. The average molecular weight is 379 g/mol. The number of hydrogen-bond donors (Lipinski definition) is 1. The molecule has 2 rings (SSSR count). The normalized spacial score (nSPS) is 17.9. The van der Waals surface area contributed by atoms with Crippen LogP contribution in [0.3, 0.4) is 0 Å². The Morgan fingerprint density at radius 3 is 2.17 bits per heavy atom. The first kappa shape index (κ1) is 20.9. The summed E-state index contributed by atoms with van der Waals surface area (Å²) in [5.74, 6) is -0.590. The average Bonchev–Trinajstić information content (AvgIpc) is 2.44. The maximum atomic E-state index is 12.9. The molecule has 1 aromatic carbocycles. The number of rotatable bonds is 4. The number of alkyl halides is 6. The third-order valence-corrected chi connectivity index (χ3v) is 3.52. The van der Waals surface area contributed by atoms with Crippen LogP contribution >= 0.6 is 12.4 Å². The van der Waals surface area contributed by atoms with Crippen LogP contribution in [0.4, 0.5) is 26.3 Å². The second-order valence-electron chi connectivity index (χ2n) is 5.21. The molecule has 1 atom stereocenters. The van der Waals surface area contributed by atoms with Gasteiger partial charge in [0, 0.05) is 37.8 Å². The molecule has 0 radical (unpaired) electrons. The lowest BCUT2D eigenvalue weighted by Crippen LogP contribution is -2.46. The van der Waals surface area contributed by atoms with Gasteiger partial charge in [-0.3, -0.25) is 4.90 Å². The quantitative estimate of drug-likeness (QED) is 0.804. The van der Waals surface area contributed by atoms with E-state index in [2.05, 4.69) is 10.1 Å². The van der Waals surface area contributed by atoms with Gasteiger partial charge in [0.15, 0.2) is 0 Å². The number of hydrogen-bond acceptors (Lipinski definition) is 3. The number of benzene rings is 1. The summed E-state index contributed by atoms with van der Waals surface area (Å²) < 4.78 is 80.1. The van der Waals surface area contributed by atoms with Gasteiger partial charge in [-0.25, -0.2) is 0 Å². The van der Waals surface area contributed by atoms with Gasteiger partial charge < -0.3 is 10.1 Å². The van der Waals surface area contributed by atoms with Crippen LogP contribution in [0.25, 0.3) is 0 Å². The second-order valence-corrected chi connectivity index (χ2v) is 5.21. The van der Waals surface area contributed by atoms with E-state index in [1.54, 1.807) is 0 Å². The number of ether oxygens (including phenoxy) is 1. The fraction of sp³-hybridized carbons (Fsp3) is 0.571. The summed E-state index contributed by atoms with van der Waals surface area (Å²) in [6.07, 6.45) is -10.7. The van der Waals surface area contributed by atoms with Gasteiger partial charge in [-0.2, -0.15) is 13.2 Å². The molecule has 24 heavy (non-hydrogen) atoms. The summed E-state index contributed by atoms with van der Waals surface area (Å²) in [5, 5.41) is 3.00. The molecule has 138 valence electrons. The zero-order valence-corrected chi connectivity index (χ0v) is 13.3. The molecular formula is C14H17ClF6N2O. The van der Waals surface area contributed by atoms with Gasteiger partial charge in [0.05, 0.1) is 6.42 Å². The van der Waals surface area contributed by atoms with Gasteiger partial charge in [-0.15, -0.1) is 25.6 Å². The van der Waals surface area contributed by atoms with Crippen LogP contribution in [0.2, 0.25) is 0 Å². The van der Waals surface area contributed by atoms with E-state index >= 15 is 0 Å². The van der Waals surface area contributed by atoms with E-state index < -0.39 is 30.8 Å². The highest BCUT2D eigenvalue weighted by atomic mass is 35.5. The van der Waals surface area contributed by atoms with Crippen LogP contribution in [0.1, 0.15) is 18.0 Å². The minimum absolute atomic E-state index is 0. The first-order valence-electron chi connectivity index (χ1n) is 7.02. The summed E-state index contributed by atoms with van der Waals surface area (Å²) in [5.41, 5.74) is -0.107. The number of nitrogens with one attached hydrogen (secondary N) is 1. The molecule has 0 spiro atoms. The van der Waals surface area contributed by atoms with Gasteiger partial charge in [-0.05, 0) is 6.07 Å². The molecule has 3 nitrogen and oxygen atoms in total. The fourth-order valence-corrected chi connectivity index (χ4v) is 2.62. The minimum atomic E-state index is -4.96. The Kier molecular flexibility index (Phi) is 7.18. The van der Waals surface area contributed by atoms with Crippen molar-refractivity contribution >= 4 is 12.4 Å². The lowest BCUT2D eigenvalue weighted by molar-refractivity contribution is -0.275. The van der Waals surface area contributed by atoms with Gasteiger partial charge in [0.1, 0.15) is 5.75 Å². The summed E-state index contributed by atoms with van der Waals surface area (Å²) in [7, 11) is 0. The van der Waals surface area contributed by atoms with Crippen molar-refractivity contribution in [3.05, 3.63) is 29.8 Å². The van der Waals surface area contributed by atoms with Crippen molar-refractivity contribution in [2.45, 2.75) is 25.0 Å². The molecule has 0 amide bonds. The molecule has 0 saturated carbocycles. The molecule has 1 aromatic rings. The standard InChI is InChI=1S/C14H16F6N2O.ClH/c15-13(16,17)9-11(22-7-5-21-6-8-22)10-3-1-2-4-12(10)23-14(18,19)20;/h1-4,11,21H,5-9H2;1H/t11-;/m1./s1. The van der Waals surface area contributed by atoms with E-state index in [4.69, 9.17) is 0 Å². The predicted octanol–water partition coefficient (Wildman–Crippen LogP) is 3.91. The Balaban J connectivity index is 0.00000288. The van der Waals surface area contributed by atoms with Gasteiger partial charge in [0.2, 0.25) is 0 Å². The van der Waals surface area contributed by atoms with Gasteiger partial charge >= 0.3 is 12.5 Å². The highest BCUT2D eigenvalue weighted by Crippen LogP contribution is 2.39. The number of nitrogens with zero attached hydrogens (tertiary/aromatic N) is 1. The molecular weight excluding hydrogens is 362 g/mol. The van der Waals surface area contributed by atoms with Crippen molar-refractivity contribution in [3.63, 3.8) is 0 Å². The lowest BCUT2D eigenvalue weighted by atomic mass is 9.99. The van der Waals surface area contributed by atoms with Gasteiger partial charge in [-0.1, -0.05) is 18.2 Å². The van der Waals surface area contributed by atoms with E-state index in [0.29, 0.717) is 26.2 Å². The smallest absolute Gasteiger partial charge is 0.405 e. The Hall–Kier alpha value is -1.19. The van der Waals surface area contributed by atoms with Crippen molar-refractivity contribution < 1.29 is 31.1 Å². The SMILES string of the molecule is Cl.FC(F)(F)C[C@H](c1ccccc1OC(F)(F)F)N1CCNCC1. The fourth-order valence-electron chi connectivity index (χ4n) is 2.62. The monoisotopic (exact) mass is 378 g/mol. The molecule has 0 aromatic heterocycles. The lowest BCUT2D eigenvalue weighted by Gasteiger charge is -2.36. The van der Waals surface area contributed by atoms with Crippen LogP contribution in [-0.2, 0) is 0 Å². The van der Waals surface area contributed by atoms with Crippen molar-refractivity contribution in [1.29, 1.82) is 0 Å².